The predicted molar refractivity (Wildman–Crippen MR) is 66.1 cm³/mol. The van der Waals surface area contributed by atoms with Crippen molar-refractivity contribution in [1.82, 2.24) is 0 Å². The van der Waals surface area contributed by atoms with E-state index in [1.54, 1.807) is 11.9 Å². The molecule has 0 aromatic rings. The van der Waals surface area contributed by atoms with Gasteiger partial charge in [-0.15, -0.1) is 0 Å². The van der Waals surface area contributed by atoms with Crippen LogP contribution in [0.2, 0.25) is 11.9 Å². The summed E-state index contributed by atoms with van der Waals surface area (Å²) in [7, 11) is 0. The molecule has 1 heteroatoms. The molecule has 0 aliphatic carbocycles. The van der Waals surface area contributed by atoms with E-state index in [1.165, 1.54) is 0 Å². The van der Waals surface area contributed by atoms with Crippen LogP contribution in [-0.4, -0.2) is 22.7 Å². The van der Waals surface area contributed by atoms with Gasteiger partial charge in [0.25, 0.3) is 0 Å². The second-order valence-electron chi connectivity index (χ2n) is 5.75. The minimum absolute atomic E-state index is 0.962. The van der Waals surface area contributed by atoms with Crippen LogP contribution < -0.4 is 0 Å². The van der Waals surface area contributed by atoms with E-state index in [-0.39, 0.29) is 0 Å². The summed E-state index contributed by atoms with van der Waals surface area (Å²) in [5.41, 5.74) is 0. The van der Waals surface area contributed by atoms with Crippen molar-refractivity contribution < 1.29 is 0 Å². The topological polar surface area (TPSA) is 0 Å². The van der Waals surface area contributed by atoms with Crippen molar-refractivity contribution >= 4 is 22.7 Å². The Morgan fingerprint density at radius 1 is 0.615 bits per heavy atom. The molecule has 80 valence electrons. The maximum absolute atomic E-state index is 2.40. The van der Waals surface area contributed by atoms with Crippen LogP contribution in [0.5, 0.6) is 0 Å². The van der Waals surface area contributed by atoms with Gasteiger partial charge in [-0.25, -0.2) is 0 Å². The first-order valence-electron chi connectivity index (χ1n) is 5.91. The normalized spacial score (nSPS) is 12.5. The molecule has 0 spiro atoms. The Kier molecular flexibility index (Phi) is 7.76. The summed E-state index contributed by atoms with van der Waals surface area (Å²) in [6, 6.07) is 0. The van der Waals surface area contributed by atoms with Crippen LogP contribution in [0.4, 0.5) is 0 Å². The molecular weight excluding hydrogens is 351 g/mol. The molecule has 0 radical (unpaired) electrons. The van der Waals surface area contributed by atoms with Crippen LogP contribution in [0.25, 0.3) is 0 Å². The molecule has 0 atom stereocenters. The Bertz CT molecular complexity index is 92.5. The van der Waals surface area contributed by atoms with Gasteiger partial charge < -0.3 is 0 Å². The van der Waals surface area contributed by atoms with Crippen molar-refractivity contribution in [3.05, 3.63) is 0 Å². The third kappa shape index (κ3) is 9.23. The quantitative estimate of drug-likeness (QED) is 0.607. The molecule has 13 heavy (non-hydrogen) atoms. The molecule has 0 nitrogen and oxygen atoms in total. The summed E-state index contributed by atoms with van der Waals surface area (Å²) < 4.78 is 4.91. The first-order valence-corrected chi connectivity index (χ1v) is 15.4. The SMILES string of the molecule is CC(C)[CH2][PbH]([CH2]C(C)C)[CH2]C(C)C. The van der Waals surface area contributed by atoms with Crippen LogP contribution in [0, 0.1) is 17.8 Å². The number of hydrogen-bond donors (Lipinski definition) is 0. The average molecular weight is 380 g/mol. The van der Waals surface area contributed by atoms with Gasteiger partial charge in [-0.3, -0.25) is 0 Å². The first-order chi connectivity index (χ1) is 5.91. The van der Waals surface area contributed by atoms with Crippen LogP contribution in [-0.2, 0) is 0 Å². The van der Waals surface area contributed by atoms with Gasteiger partial charge in [0.05, 0.1) is 0 Å². The molecule has 0 bridgehead atoms. The van der Waals surface area contributed by atoms with E-state index in [9.17, 15) is 0 Å². The van der Waals surface area contributed by atoms with Crippen molar-refractivity contribution in [3.63, 3.8) is 0 Å². The zero-order valence-electron chi connectivity index (χ0n) is 10.4. The van der Waals surface area contributed by atoms with Gasteiger partial charge in [0.15, 0.2) is 0 Å². The Morgan fingerprint density at radius 2 is 0.846 bits per heavy atom. The molecule has 0 rings (SSSR count). The molecule has 0 aliphatic rings. The second kappa shape index (κ2) is 7.24. The zero-order chi connectivity index (χ0) is 10.4. The van der Waals surface area contributed by atoms with E-state index in [0.29, 0.717) is 0 Å². The zero-order valence-corrected chi connectivity index (χ0v) is 14.9. The van der Waals surface area contributed by atoms with Gasteiger partial charge in [0.2, 0.25) is 0 Å². The molecule has 0 unspecified atom stereocenters. The van der Waals surface area contributed by atoms with Gasteiger partial charge in [-0.1, -0.05) is 0 Å². The molecule has 0 N–H and O–H groups in total. The van der Waals surface area contributed by atoms with Crippen molar-refractivity contribution in [2.24, 2.45) is 17.8 Å². The number of rotatable bonds is 6. The summed E-state index contributed by atoms with van der Waals surface area (Å²) in [6.07, 6.45) is 0. The molecule has 0 aliphatic heterocycles. The monoisotopic (exact) mass is 380 g/mol. The molecule has 0 aromatic heterocycles. The van der Waals surface area contributed by atoms with Gasteiger partial charge in [0.1, 0.15) is 0 Å². The fourth-order valence-corrected chi connectivity index (χ4v) is 20.1. The van der Waals surface area contributed by atoms with E-state index < -0.39 is 22.7 Å². The fraction of sp³-hybridized carbons (Fsp3) is 1.00. The summed E-state index contributed by atoms with van der Waals surface area (Å²) in [5.74, 6) is 2.89. The molecule has 0 saturated carbocycles. The molecule has 0 saturated heterocycles. The van der Waals surface area contributed by atoms with Crippen LogP contribution in [0.15, 0.2) is 0 Å². The Morgan fingerprint density at radius 3 is 1.00 bits per heavy atom. The van der Waals surface area contributed by atoms with Gasteiger partial charge in [-0.05, 0) is 0 Å². The van der Waals surface area contributed by atoms with Gasteiger partial charge in [0, 0.05) is 0 Å². The van der Waals surface area contributed by atoms with E-state index in [2.05, 4.69) is 41.5 Å². The van der Waals surface area contributed by atoms with E-state index in [1.807, 2.05) is 0 Å². The van der Waals surface area contributed by atoms with E-state index in [4.69, 9.17) is 0 Å². The fourth-order valence-electron chi connectivity index (χ4n) is 2.29. The Labute approximate surface area is 93.6 Å². The molecule has 0 heterocycles. The summed E-state index contributed by atoms with van der Waals surface area (Å²) >= 11 is -1.23. The standard InChI is InChI=1S/3C4H9.Pb.H/c3*1-4(2)3;;/h3*4H,1H2,2-3H3;;. The summed E-state index contributed by atoms with van der Waals surface area (Å²) in [6.45, 7) is 14.4. The minimum atomic E-state index is -1.23. The van der Waals surface area contributed by atoms with Crippen molar-refractivity contribution in [2.45, 2.75) is 53.5 Å². The van der Waals surface area contributed by atoms with E-state index >= 15 is 0 Å². The third-order valence-corrected chi connectivity index (χ3v) is 21.2. The van der Waals surface area contributed by atoms with E-state index in [0.717, 1.165) is 17.8 Å². The van der Waals surface area contributed by atoms with Crippen molar-refractivity contribution in [1.29, 1.82) is 0 Å². The van der Waals surface area contributed by atoms with Gasteiger partial charge >= 0.3 is 93.9 Å². The molecule has 0 aromatic carbocycles. The van der Waals surface area contributed by atoms with Gasteiger partial charge in [-0.2, -0.15) is 0 Å². The second-order valence-corrected chi connectivity index (χ2v) is 18.0. The third-order valence-electron chi connectivity index (χ3n) is 2.41. The first kappa shape index (κ1) is 13.9. The summed E-state index contributed by atoms with van der Waals surface area (Å²) in [4.78, 5) is 0. The van der Waals surface area contributed by atoms with Crippen LogP contribution >= 0.6 is 0 Å². The average Bonchev–Trinajstić information content (AvgIpc) is 1.80. The Hall–Kier alpha value is 0.922. The van der Waals surface area contributed by atoms with Crippen molar-refractivity contribution in [2.75, 3.05) is 0 Å². The summed E-state index contributed by atoms with van der Waals surface area (Å²) in [5, 5.41) is 0. The predicted octanol–water partition coefficient (Wildman–Crippen LogP) is 4.18. The Balaban J connectivity index is 3.87. The van der Waals surface area contributed by atoms with Crippen molar-refractivity contribution in [3.8, 4) is 0 Å². The number of hydrogen-bond acceptors (Lipinski definition) is 0. The van der Waals surface area contributed by atoms with Crippen LogP contribution in [0.1, 0.15) is 41.5 Å². The molecule has 0 fully saturated rings. The molecule has 0 amide bonds. The molecular formula is C12H28Pb. The van der Waals surface area contributed by atoms with Crippen LogP contribution in [0.3, 0.4) is 0 Å². The maximum atomic E-state index is 2.40.